The Bertz CT molecular complexity index is 473. The fraction of sp³-hybridized carbons (Fsp3) is 0.154. The van der Waals surface area contributed by atoms with Crippen LogP contribution < -0.4 is 4.74 Å². The molecule has 0 fully saturated rings. The van der Waals surface area contributed by atoms with Crippen molar-refractivity contribution in [1.29, 1.82) is 0 Å². The Kier molecular flexibility index (Phi) is 3.57. The van der Waals surface area contributed by atoms with Gasteiger partial charge in [0.25, 0.3) is 0 Å². The van der Waals surface area contributed by atoms with Crippen LogP contribution >= 0.6 is 0 Å². The third kappa shape index (κ3) is 2.95. The van der Waals surface area contributed by atoms with E-state index >= 15 is 0 Å². The molecule has 0 bridgehead atoms. The SMILES string of the molecule is Oc1ccccc1OCC(O)c1ccccn1. The molecular weight excluding hydrogens is 218 g/mol. The van der Waals surface area contributed by atoms with Gasteiger partial charge in [-0.05, 0) is 24.3 Å². The van der Waals surface area contributed by atoms with Gasteiger partial charge in [0.1, 0.15) is 12.7 Å². The number of hydrogen-bond acceptors (Lipinski definition) is 4. The number of pyridine rings is 1. The maximum absolute atomic E-state index is 9.80. The van der Waals surface area contributed by atoms with E-state index in [9.17, 15) is 10.2 Å². The lowest BCUT2D eigenvalue weighted by atomic mass is 10.2. The van der Waals surface area contributed by atoms with Crippen LogP contribution in [0.15, 0.2) is 48.7 Å². The summed E-state index contributed by atoms with van der Waals surface area (Å²) in [5.41, 5.74) is 0.544. The van der Waals surface area contributed by atoms with Crippen LogP contribution in [0.1, 0.15) is 11.8 Å². The van der Waals surface area contributed by atoms with Gasteiger partial charge >= 0.3 is 0 Å². The molecule has 1 heterocycles. The predicted molar refractivity (Wildman–Crippen MR) is 62.8 cm³/mol. The molecule has 88 valence electrons. The van der Waals surface area contributed by atoms with Crippen molar-refractivity contribution in [3.05, 3.63) is 54.4 Å². The van der Waals surface area contributed by atoms with Gasteiger partial charge in [0.05, 0.1) is 5.69 Å². The molecule has 0 amide bonds. The van der Waals surface area contributed by atoms with Crippen molar-refractivity contribution in [2.45, 2.75) is 6.10 Å². The molecule has 1 atom stereocenters. The molecule has 1 unspecified atom stereocenters. The first-order chi connectivity index (χ1) is 8.27. The summed E-state index contributed by atoms with van der Waals surface area (Å²) in [4.78, 5) is 4.02. The highest BCUT2D eigenvalue weighted by molar-refractivity contribution is 5.37. The highest BCUT2D eigenvalue weighted by atomic mass is 16.5. The fourth-order valence-electron chi connectivity index (χ4n) is 1.41. The summed E-state index contributed by atoms with van der Waals surface area (Å²) in [6, 6.07) is 11.9. The third-order valence-electron chi connectivity index (χ3n) is 2.29. The number of aromatic nitrogens is 1. The van der Waals surface area contributed by atoms with Crippen molar-refractivity contribution < 1.29 is 14.9 Å². The number of hydrogen-bond donors (Lipinski definition) is 2. The number of para-hydroxylation sites is 2. The van der Waals surface area contributed by atoms with Crippen LogP contribution in [0.2, 0.25) is 0 Å². The molecule has 0 aliphatic rings. The number of nitrogens with zero attached hydrogens (tertiary/aromatic N) is 1. The minimum Gasteiger partial charge on any atom is -0.504 e. The molecule has 2 rings (SSSR count). The Balaban J connectivity index is 1.97. The number of phenolic OH excluding ortho intramolecular Hbond substituents is 1. The second-order valence-electron chi connectivity index (χ2n) is 3.55. The Labute approximate surface area is 99.1 Å². The van der Waals surface area contributed by atoms with E-state index in [4.69, 9.17) is 4.74 Å². The van der Waals surface area contributed by atoms with E-state index in [0.717, 1.165) is 0 Å². The zero-order valence-electron chi connectivity index (χ0n) is 9.15. The molecule has 2 aromatic rings. The molecule has 0 spiro atoms. The molecule has 0 saturated heterocycles. The van der Waals surface area contributed by atoms with Crippen molar-refractivity contribution in [1.82, 2.24) is 4.98 Å². The zero-order chi connectivity index (χ0) is 12.1. The summed E-state index contributed by atoms with van der Waals surface area (Å²) in [7, 11) is 0. The summed E-state index contributed by atoms with van der Waals surface area (Å²) in [6.45, 7) is 0.0502. The van der Waals surface area contributed by atoms with E-state index in [1.165, 1.54) is 6.07 Å². The molecular formula is C13H13NO3. The van der Waals surface area contributed by atoms with Gasteiger partial charge in [-0.3, -0.25) is 4.98 Å². The van der Waals surface area contributed by atoms with Gasteiger partial charge in [-0.2, -0.15) is 0 Å². The fourth-order valence-corrected chi connectivity index (χ4v) is 1.41. The summed E-state index contributed by atoms with van der Waals surface area (Å²) >= 11 is 0. The van der Waals surface area contributed by atoms with Gasteiger partial charge in [-0.15, -0.1) is 0 Å². The number of aliphatic hydroxyl groups excluding tert-OH is 1. The topological polar surface area (TPSA) is 62.6 Å². The van der Waals surface area contributed by atoms with Crippen molar-refractivity contribution in [2.75, 3.05) is 6.61 Å². The molecule has 0 radical (unpaired) electrons. The summed E-state index contributed by atoms with van der Waals surface area (Å²) in [5, 5.41) is 19.3. The Morgan fingerprint density at radius 2 is 1.88 bits per heavy atom. The quantitative estimate of drug-likeness (QED) is 0.843. The average molecular weight is 231 g/mol. The first-order valence-corrected chi connectivity index (χ1v) is 5.27. The van der Waals surface area contributed by atoms with Gasteiger partial charge in [-0.25, -0.2) is 0 Å². The first kappa shape index (κ1) is 11.4. The van der Waals surface area contributed by atoms with Crippen LogP contribution in [0.25, 0.3) is 0 Å². The van der Waals surface area contributed by atoms with Crippen LogP contribution in [0, 0.1) is 0 Å². The van der Waals surface area contributed by atoms with E-state index in [2.05, 4.69) is 4.98 Å². The Hall–Kier alpha value is -2.07. The minimum absolute atomic E-state index is 0.0502. The van der Waals surface area contributed by atoms with E-state index < -0.39 is 6.10 Å². The van der Waals surface area contributed by atoms with Gasteiger partial charge in [0.15, 0.2) is 11.5 Å². The predicted octanol–water partition coefficient (Wildman–Crippen LogP) is 1.90. The first-order valence-electron chi connectivity index (χ1n) is 5.27. The maximum Gasteiger partial charge on any atom is 0.161 e. The molecule has 1 aromatic heterocycles. The number of phenols is 1. The van der Waals surface area contributed by atoms with Crippen LogP contribution in [-0.2, 0) is 0 Å². The maximum atomic E-state index is 9.80. The molecule has 17 heavy (non-hydrogen) atoms. The molecule has 4 heteroatoms. The molecule has 4 nitrogen and oxygen atoms in total. The Morgan fingerprint density at radius 1 is 1.12 bits per heavy atom. The molecule has 0 aliphatic carbocycles. The van der Waals surface area contributed by atoms with E-state index in [1.807, 2.05) is 0 Å². The van der Waals surface area contributed by atoms with E-state index in [1.54, 1.807) is 42.6 Å². The van der Waals surface area contributed by atoms with Crippen LogP contribution in [-0.4, -0.2) is 21.8 Å². The van der Waals surface area contributed by atoms with E-state index in [-0.39, 0.29) is 12.4 Å². The van der Waals surface area contributed by atoms with Gasteiger partial charge in [-0.1, -0.05) is 18.2 Å². The summed E-state index contributed by atoms with van der Waals surface area (Å²) in [5.74, 6) is 0.406. The van der Waals surface area contributed by atoms with Crippen molar-refractivity contribution in [3.63, 3.8) is 0 Å². The third-order valence-corrected chi connectivity index (χ3v) is 2.29. The lowest BCUT2D eigenvalue weighted by Crippen LogP contribution is -2.10. The smallest absolute Gasteiger partial charge is 0.161 e. The molecule has 2 N–H and O–H groups in total. The lowest BCUT2D eigenvalue weighted by Gasteiger charge is -2.12. The lowest BCUT2D eigenvalue weighted by molar-refractivity contribution is 0.103. The monoisotopic (exact) mass is 231 g/mol. The molecule has 0 aliphatic heterocycles. The van der Waals surface area contributed by atoms with Crippen molar-refractivity contribution >= 4 is 0 Å². The second kappa shape index (κ2) is 5.32. The summed E-state index contributed by atoms with van der Waals surface area (Å²) in [6.07, 6.45) is 0.800. The molecule has 1 aromatic carbocycles. The standard InChI is InChI=1S/C13H13NO3/c15-11-6-1-2-7-13(11)17-9-12(16)10-5-3-4-8-14-10/h1-8,12,15-16H,9H2. The van der Waals surface area contributed by atoms with Crippen molar-refractivity contribution in [2.24, 2.45) is 0 Å². The van der Waals surface area contributed by atoms with Crippen LogP contribution in [0.5, 0.6) is 11.5 Å². The number of rotatable bonds is 4. The normalized spacial score (nSPS) is 12.1. The zero-order valence-corrected chi connectivity index (χ0v) is 9.15. The van der Waals surface area contributed by atoms with Gasteiger partial charge in [0, 0.05) is 6.20 Å². The minimum atomic E-state index is -0.809. The van der Waals surface area contributed by atoms with Crippen molar-refractivity contribution in [3.8, 4) is 11.5 Å². The Morgan fingerprint density at radius 3 is 2.59 bits per heavy atom. The van der Waals surface area contributed by atoms with Crippen LogP contribution in [0.3, 0.4) is 0 Å². The largest absolute Gasteiger partial charge is 0.504 e. The summed E-state index contributed by atoms with van der Waals surface area (Å²) < 4.78 is 5.31. The number of aliphatic hydroxyl groups is 1. The average Bonchev–Trinajstić information content (AvgIpc) is 2.38. The number of aromatic hydroxyl groups is 1. The molecule has 0 saturated carbocycles. The van der Waals surface area contributed by atoms with E-state index in [0.29, 0.717) is 11.4 Å². The van der Waals surface area contributed by atoms with Gasteiger partial charge < -0.3 is 14.9 Å². The van der Waals surface area contributed by atoms with Gasteiger partial charge in [0.2, 0.25) is 0 Å². The highest BCUT2D eigenvalue weighted by Crippen LogP contribution is 2.25. The number of ether oxygens (including phenoxy) is 1. The second-order valence-corrected chi connectivity index (χ2v) is 3.55. The number of benzene rings is 1. The highest BCUT2D eigenvalue weighted by Gasteiger charge is 2.10. The van der Waals surface area contributed by atoms with Crippen LogP contribution in [0.4, 0.5) is 0 Å².